The van der Waals surface area contributed by atoms with Gasteiger partial charge in [-0.05, 0) is 25.1 Å². The molecule has 0 unspecified atom stereocenters. The van der Waals surface area contributed by atoms with Gasteiger partial charge in [0.2, 0.25) is 0 Å². The van der Waals surface area contributed by atoms with E-state index in [0.717, 1.165) is 4.47 Å². The number of halogens is 1. The zero-order chi connectivity index (χ0) is 12.4. The van der Waals surface area contributed by atoms with Crippen LogP contribution >= 0.6 is 15.9 Å². The molecule has 0 aliphatic carbocycles. The number of fused-ring (bicyclic) bond motifs is 1. The normalized spacial score (nSPS) is 10.5. The summed E-state index contributed by atoms with van der Waals surface area (Å²) in [7, 11) is 0. The van der Waals surface area contributed by atoms with Crippen molar-refractivity contribution in [2.45, 2.75) is 6.92 Å². The average Bonchev–Trinajstić information content (AvgIpc) is 2.28. The molecule has 1 N–H and O–H groups in total. The predicted octanol–water partition coefficient (Wildman–Crippen LogP) is 2.69. The van der Waals surface area contributed by atoms with E-state index in [9.17, 15) is 4.79 Å². The van der Waals surface area contributed by atoms with Gasteiger partial charge < -0.3 is 9.72 Å². The molecule has 0 amide bonds. The van der Waals surface area contributed by atoms with E-state index >= 15 is 0 Å². The second kappa shape index (κ2) is 4.71. The number of H-pyrrole nitrogens is 1. The first-order valence-corrected chi connectivity index (χ1v) is 5.92. The first-order valence-electron chi connectivity index (χ1n) is 5.13. The van der Waals surface area contributed by atoms with Crippen molar-refractivity contribution in [1.29, 1.82) is 0 Å². The number of hydrogen-bond acceptors (Lipinski definition) is 3. The standard InChI is InChI=1S/C12H11BrN2O2/c1-3-17-7(2)11-14-10-6-8(13)4-5-9(10)12(16)15-11/h4-6H,2-3H2,1H3,(H,14,15,16). The van der Waals surface area contributed by atoms with Crippen LogP contribution in [-0.2, 0) is 4.74 Å². The third-order valence-corrected chi connectivity index (χ3v) is 2.74. The maximum atomic E-state index is 11.8. The lowest BCUT2D eigenvalue weighted by atomic mass is 10.2. The van der Waals surface area contributed by atoms with Crippen molar-refractivity contribution in [2.75, 3.05) is 6.61 Å². The topological polar surface area (TPSA) is 55.0 Å². The van der Waals surface area contributed by atoms with Crippen LogP contribution in [-0.4, -0.2) is 16.6 Å². The Labute approximate surface area is 106 Å². The third-order valence-electron chi connectivity index (χ3n) is 2.25. The highest BCUT2D eigenvalue weighted by molar-refractivity contribution is 9.10. The van der Waals surface area contributed by atoms with Gasteiger partial charge in [0, 0.05) is 4.47 Å². The van der Waals surface area contributed by atoms with Crippen LogP contribution in [0, 0.1) is 0 Å². The van der Waals surface area contributed by atoms with Gasteiger partial charge >= 0.3 is 0 Å². The molecule has 0 saturated carbocycles. The second-order valence-corrected chi connectivity index (χ2v) is 4.35. The van der Waals surface area contributed by atoms with Crippen molar-refractivity contribution >= 4 is 32.6 Å². The van der Waals surface area contributed by atoms with E-state index in [1.807, 2.05) is 6.92 Å². The van der Waals surface area contributed by atoms with E-state index in [2.05, 4.69) is 32.5 Å². The van der Waals surface area contributed by atoms with E-state index in [0.29, 0.717) is 29.1 Å². The number of ether oxygens (including phenoxy) is 1. The molecule has 4 nitrogen and oxygen atoms in total. The highest BCUT2D eigenvalue weighted by Crippen LogP contribution is 2.17. The van der Waals surface area contributed by atoms with Crippen molar-refractivity contribution < 1.29 is 4.74 Å². The Morgan fingerprint density at radius 1 is 1.59 bits per heavy atom. The van der Waals surface area contributed by atoms with Gasteiger partial charge in [-0.2, -0.15) is 0 Å². The summed E-state index contributed by atoms with van der Waals surface area (Å²) in [5, 5.41) is 0.543. The molecule has 0 radical (unpaired) electrons. The molecule has 0 atom stereocenters. The number of hydrogen-bond donors (Lipinski definition) is 1. The van der Waals surface area contributed by atoms with Gasteiger partial charge in [-0.15, -0.1) is 0 Å². The maximum Gasteiger partial charge on any atom is 0.259 e. The number of rotatable bonds is 3. The predicted molar refractivity (Wildman–Crippen MR) is 70.7 cm³/mol. The number of nitrogens with zero attached hydrogens (tertiary/aromatic N) is 1. The molecule has 2 rings (SSSR count). The molecule has 1 heterocycles. The van der Waals surface area contributed by atoms with Crippen molar-refractivity contribution in [3.63, 3.8) is 0 Å². The Hall–Kier alpha value is -1.62. The summed E-state index contributed by atoms with van der Waals surface area (Å²) < 4.78 is 6.09. The van der Waals surface area contributed by atoms with E-state index in [4.69, 9.17) is 4.74 Å². The summed E-state index contributed by atoms with van der Waals surface area (Å²) in [6, 6.07) is 5.31. The van der Waals surface area contributed by atoms with Crippen LogP contribution in [0.3, 0.4) is 0 Å². The van der Waals surface area contributed by atoms with Crippen molar-refractivity contribution in [2.24, 2.45) is 0 Å². The highest BCUT2D eigenvalue weighted by Gasteiger charge is 2.07. The molecule has 0 saturated heterocycles. The molecule has 1 aromatic carbocycles. The van der Waals surface area contributed by atoms with Gasteiger partial charge in [-0.25, -0.2) is 4.98 Å². The van der Waals surface area contributed by atoms with E-state index in [1.165, 1.54) is 0 Å². The lowest BCUT2D eigenvalue weighted by molar-refractivity contribution is 0.296. The molecule has 0 aliphatic rings. The largest absolute Gasteiger partial charge is 0.491 e. The van der Waals surface area contributed by atoms with Gasteiger partial charge in [0.25, 0.3) is 5.56 Å². The summed E-state index contributed by atoms with van der Waals surface area (Å²) in [5.41, 5.74) is 0.414. The molecule has 0 spiro atoms. The van der Waals surface area contributed by atoms with E-state index in [-0.39, 0.29) is 5.56 Å². The third kappa shape index (κ3) is 2.39. The molecule has 0 aliphatic heterocycles. The first-order chi connectivity index (χ1) is 8.11. The molecule has 17 heavy (non-hydrogen) atoms. The number of aromatic nitrogens is 2. The molecular formula is C12H11BrN2O2. The smallest absolute Gasteiger partial charge is 0.259 e. The van der Waals surface area contributed by atoms with Crippen LogP contribution in [0.5, 0.6) is 0 Å². The van der Waals surface area contributed by atoms with Gasteiger partial charge in [-0.3, -0.25) is 4.79 Å². The fraction of sp³-hybridized carbons (Fsp3) is 0.167. The van der Waals surface area contributed by atoms with Gasteiger partial charge in [-0.1, -0.05) is 22.5 Å². The van der Waals surface area contributed by atoms with Crippen molar-refractivity contribution in [1.82, 2.24) is 9.97 Å². The highest BCUT2D eigenvalue weighted by atomic mass is 79.9. The minimum absolute atomic E-state index is 0.196. The summed E-state index contributed by atoms with van der Waals surface area (Å²) in [4.78, 5) is 18.8. The Bertz CT molecular complexity index is 634. The summed E-state index contributed by atoms with van der Waals surface area (Å²) in [5.74, 6) is 0.730. The minimum atomic E-state index is -0.196. The Morgan fingerprint density at radius 3 is 3.06 bits per heavy atom. The molecule has 88 valence electrons. The van der Waals surface area contributed by atoms with Gasteiger partial charge in [0.05, 0.1) is 17.5 Å². The lowest BCUT2D eigenvalue weighted by Gasteiger charge is -2.06. The minimum Gasteiger partial charge on any atom is -0.491 e. The maximum absolute atomic E-state index is 11.8. The van der Waals surface area contributed by atoms with E-state index in [1.54, 1.807) is 18.2 Å². The molecule has 2 aromatic rings. The zero-order valence-electron chi connectivity index (χ0n) is 9.29. The number of aromatic amines is 1. The van der Waals surface area contributed by atoms with Crippen LogP contribution in [0.1, 0.15) is 12.7 Å². The van der Waals surface area contributed by atoms with Gasteiger partial charge in [0.15, 0.2) is 11.6 Å². The van der Waals surface area contributed by atoms with Crippen LogP contribution in [0.4, 0.5) is 0 Å². The molecule has 5 heteroatoms. The zero-order valence-corrected chi connectivity index (χ0v) is 10.9. The summed E-state index contributed by atoms with van der Waals surface area (Å²) in [6.45, 7) is 6.05. The second-order valence-electron chi connectivity index (χ2n) is 3.43. The lowest BCUT2D eigenvalue weighted by Crippen LogP contribution is -2.12. The number of benzene rings is 1. The van der Waals surface area contributed by atoms with Crippen molar-refractivity contribution in [3.05, 3.63) is 45.4 Å². The van der Waals surface area contributed by atoms with Gasteiger partial charge in [0.1, 0.15) is 0 Å². The summed E-state index contributed by atoms with van der Waals surface area (Å²) in [6.07, 6.45) is 0. The SMILES string of the molecule is C=C(OCC)c1nc2cc(Br)ccc2c(=O)[nH]1. The quantitative estimate of drug-likeness (QED) is 0.886. The van der Waals surface area contributed by atoms with Crippen LogP contribution in [0.15, 0.2) is 34.0 Å². The Kier molecular flexibility index (Phi) is 3.28. The number of nitrogens with one attached hydrogen (secondary N) is 1. The van der Waals surface area contributed by atoms with Crippen LogP contribution in [0.2, 0.25) is 0 Å². The van der Waals surface area contributed by atoms with E-state index < -0.39 is 0 Å². The molecule has 0 fully saturated rings. The molecular weight excluding hydrogens is 284 g/mol. The summed E-state index contributed by atoms with van der Waals surface area (Å²) >= 11 is 3.34. The Morgan fingerprint density at radius 2 is 2.35 bits per heavy atom. The van der Waals surface area contributed by atoms with Crippen LogP contribution < -0.4 is 5.56 Å². The Balaban J connectivity index is 2.61. The molecule has 1 aromatic heterocycles. The average molecular weight is 295 g/mol. The molecule has 0 bridgehead atoms. The van der Waals surface area contributed by atoms with Crippen LogP contribution in [0.25, 0.3) is 16.7 Å². The fourth-order valence-electron chi connectivity index (χ4n) is 1.49. The first kappa shape index (κ1) is 11.9. The monoisotopic (exact) mass is 294 g/mol. The van der Waals surface area contributed by atoms with Crippen molar-refractivity contribution in [3.8, 4) is 0 Å². The fourth-order valence-corrected chi connectivity index (χ4v) is 1.84.